The Balaban J connectivity index is 2.18. The summed E-state index contributed by atoms with van der Waals surface area (Å²) in [7, 11) is 0. The molecule has 1 heterocycles. The van der Waals surface area contributed by atoms with Gasteiger partial charge in [0.1, 0.15) is 0 Å². The van der Waals surface area contributed by atoms with Crippen LogP contribution in [0.25, 0.3) is 0 Å². The van der Waals surface area contributed by atoms with Crippen molar-refractivity contribution in [3.05, 3.63) is 51.2 Å². The van der Waals surface area contributed by atoms with Crippen molar-refractivity contribution in [2.45, 2.75) is 20.3 Å². The Morgan fingerprint density at radius 1 is 1.38 bits per heavy atom. The van der Waals surface area contributed by atoms with Crippen molar-refractivity contribution >= 4 is 22.9 Å². The van der Waals surface area contributed by atoms with Crippen molar-refractivity contribution in [3.63, 3.8) is 0 Å². The molecule has 4 heteroatoms. The lowest BCUT2D eigenvalue weighted by Crippen LogP contribution is -2.12. The van der Waals surface area contributed by atoms with Gasteiger partial charge in [-0.2, -0.15) is 0 Å². The van der Waals surface area contributed by atoms with Crippen LogP contribution in [0, 0.1) is 18.8 Å². The van der Waals surface area contributed by atoms with Crippen LogP contribution in [0.3, 0.4) is 0 Å². The minimum Gasteiger partial charge on any atom is -0.321 e. The minimum atomic E-state index is -0.0502. The van der Waals surface area contributed by atoms with Crippen LogP contribution < -0.4 is 11.1 Å². The standard InChI is InChI=1S/C17H18N2OS/c1-3-14-8-10-21-16(14)17(20)19-15-7-6-13(5-4-9-18)11-12(15)2/h6-8,10-11H,3,9,18H2,1-2H3,(H,19,20). The molecule has 0 spiro atoms. The van der Waals surface area contributed by atoms with Crippen molar-refractivity contribution in [2.75, 3.05) is 11.9 Å². The molecule has 2 aromatic rings. The van der Waals surface area contributed by atoms with E-state index in [1.54, 1.807) is 0 Å². The largest absolute Gasteiger partial charge is 0.321 e. The first kappa shape index (κ1) is 15.3. The molecule has 0 aliphatic carbocycles. The summed E-state index contributed by atoms with van der Waals surface area (Å²) in [5, 5.41) is 4.92. The van der Waals surface area contributed by atoms with Gasteiger partial charge in [0.05, 0.1) is 11.4 Å². The van der Waals surface area contributed by atoms with Gasteiger partial charge in [0.25, 0.3) is 5.91 Å². The maximum absolute atomic E-state index is 12.3. The van der Waals surface area contributed by atoms with Gasteiger partial charge in [-0.15, -0.1) is 11.3 Å². The van der Waals surface area contributed by atoms with Gasteiger partial charge >= 0.3 is 0 Å². The molecule has 0 saturated heterocycles. The van der Waals surface area contributed by atoms with E-state index in [-0.39, 0.29) is 5.91 Å². The normalized spacial score (nSPS) is 9.86. The Hall–Kier alpha value is -2.09. The van der Waals surface area contributed by atoms with Crippen molar-refractivity contribution in [2.24, 2.45) is 5.73 Å². The van der Waals surface area contributed by atoms with E-state index in [0.717, 1.165) is 33.7 Å². The molecule has 0 aliphatic rings. The highest BCUT2D eigenvalue weighted by Crippen LogP contribution is 2.21. The number of nitrogens with two attached hydrogens (primary N) is 1. The molecular weight excluding hydrogens is 280 g/mol. The van der Waals surface area contributed by atoms with Gasteiger partial charge in [-0.1, -0.05) is 18.8 Å². The summed E-state index contributed by atoms with van der Waals surface area (Å²) in [6.07, 6.45) is 0.860. The van der Waals surface area contributed by atoms with Gasteiger partial charge in [-0.3, -0.25) is 4.79 Å². The highest BCUT2D eigenvalue weighted by Gasteiger charge is 2.13. The number of aryl methyl sites for hydroxylation is 2. The molecule has 0 radical (unpaired) electrons. The Morgan fingerprint density at radius 2 is 2.19 bits per heavy atom. The molecular formula is C17H18N2OS. The Labute approximate surface area is 129 Å². The van der Waals surface area contributed by atoms with Gasteiger partial charge in [-0.05, 0) is 54.1 Å². The maximum Gasteiger partial charge on any atom is 0.266 e. The van der Waals surface area contributed by atoms with Crippen molar-refractivity contribution in [1.29, 1.82) is 0 Å². The zero-order chi connectivity index (χ0) is 15.2. The first-order valence-electron chi connectivity index (χ1n) is 6.83. The van der Waals surface area contributed by atoms with Crippen LogP contribution in [-0.4, -0.2) is 12.5 Å². The van der Waals surface area contributed by atoms with Crippen LogP contribution in [0.5, 0.6) is 0 Å². The number of rotatable bonds is 3. The fourth-order valence-corrected chi connectivity index (χ4v) is 2.92. The molecule has 0 atom stereocenters. The summed E-state index contributed by atoms with van der Waals surface area (Å²) < 4.78 is 0. The van der Waals surface area contributed by atoms with E-state index in [9.17, 15) is 4.79 Å². The average molecular weight is 298 g/mol. The zero-order valence-corrected chi connectivity index (χ0v) is 13.0. The number of hydrogen-bond donors (Lipinski definition) is 2. The number of nitrogens with one attached hydrogen (secondary N) is 1. The Morgan fingerprint density at radius 3 is 2.86 bits per heavy atom. The van der Waals surface area contributed by atoms with Crippen LogP contribution in [0.2, 0.25) is 0 Å². The second-order valence-electron chi connectivity index (χ2n) is 4.62. The van der Waals surface area contributed by atoms with Crippen molar-refractivity contribution < 1.29 is 4.79 Å². The molecule has 2 rings (SSSR count). The second-order valence-corrected chi connectivity index (χ2v) is 5.53. The first-order valence-corrected chi connectivity index (χ1v) is 7.71. The van der Waals surface area contributed by atoms with Gasteiger partial charge in [-0.25, -0.2) is 0 Å². The number of amides is 1. The van der Waals surface area contributed by atoms with E-state index in [4.69, 9.17) is 5.73 Å². The summed E-state index contributed by atoms with van der Waals surface area (Å²) in [5.74, 6) is 5.76. The Kier molecular flexibility index (Phi) is 5.15. The number of carbonyl (C=O) groups excluding carboxylic acids is 1. The van der Waals surface area contributed by atoms with Gasteiger partial charge < -0.3 is 11.1 Å². The first-order chi connectivity index (χ1) is 10.2. The van der Waals surface area contributed by atoms with Crippen LogP contribution in [-0.2, 0) is 6.42 Å². The third-order valence-corrected chi connectivity index (χ3v) is 4.10. The van der Waals surface area contributed by atoms with E-state index in [1.807, 2.05) is 36.6 Å². The quantitative estimate of drug-likeness (QED) is 0.855. The number of hydrogen-bond acceptors (Lipinski definition) is 3. The highest BCUT2D eigenvalue weighted by atomic mass is 32.1. The van der Waals surface area contributed by atoms with E-state index < -0.39 is 0 Å². The van der Waals surface area contributed by atoms with Crippen molar-refractivity contribution in [3.8, 4) is 11.8 Å². The molecule has 1 aromatic heterocycles. The Bertz CT molecular complexity index is 707. The molecule has 1 amide bonds. The number of thiophene rings is 1. The fourth-order valence-electron chi connectivity index (χ4n) is 2.03. The van der Waals surface area contributed by atoms with Crippen LogP contribution in [0.4, 0.5) is 5.69 Å². The third-order valence-electron chi connectivity index (χ3n) is 3.14. The maximum atomic E-state index is 12.3. The smallest absolute Gasteiger partial charge is 0.266 e. The van der Waals surface area contributed by atoms with Crippen LogP contribution >= 0.6 is 11.3 Å². The predicted molar refractivity (Wildman–Crippen MR) is 88.8 cm³/mol. The summed E-state index contributed by atoms with van der Waals surface area (Å²) >= 11 is 1.47. The lowest BCUT2D eigenvalue weighted by Gasteiger charge is -2.09. The van der Waals surface area contributed by atoms with E-state index in [2.05, 4.69) is 24.1 Å². The van der Waals surface area contributed by atoms with Crippen molar-refractivity contribution in [1.82, 2.24) is 0 Å². The molecule has 0 bridgehead atoms. The number of carbonyl (C=O) groups is 1. The SMILES string of the molecule is CCc1ccsc1C(=O)Nc1ccc(C#CCN)cc1C. The summed E-state index contributed by atoms with van der Waals surface area (Å²) in [5.41, 5.74) is 9.15. The third kappa shape index (κ3) is 3.72. The molecule has 0 fully saturated rings. The molecule has 3 nitrogen and oxygen atoms in total. The van der Waals surface area contributed by atoms with Gasteiger partial charge in [0.2, 0.25) is 0 Å². The molecule has 0 unspecified atom stereocenters. The molecule has 1 aromatic carbocycles. The van der Waals surface area contributed by atoms with E-state index in [0.29, 0.717) is 6.54 Å². The topological polar surface area (TPSA) is 55.1 Å². The highest BCUT2D eigenvalue weighted by molar-refractivity contribution is 7.12. The molecule has 3 N–H and O–H groups in total. The van der Waals surface area contributed by atoms with Gasteiger partial charge in [0, 0.05) is 11.3 Å². The molecule has 0 saturated carbocycles. The molecule has 21 heavy (non-hydrogen) atoms. The second kappa shape index (κ2) is 7.07. The minimum absolute atomic E-state index is 0.0502. The summed E-state index contributed by atoms with van der Waals surface area (Å²) in [6.45, 7) is 4.35. The number of anilines is 1. The molecule has 108 valence electrons. The van der Waals surface area contributed by atoms with E-state index in [1.165, 1.54) is 11.3 Å². The van der Waals surface area contributed by atoms with Crippen LogP contribution in [0.1, 0.15) is 33.3 Å². The van der Waals surface area contributed by atoms with Gasteiger partial charge in [0.15, 0.2) is 0 Å². The zero-order valence-electron chi connectivity index (χ0n) is 12.2. The lowest BCUT2D eigenvalue weighted by atomic mass is 10.1. The summed E-state index contributed by atoms with van der Waals surface area (Å²) in [6, 6.07) is 7.72. The van der Waals surface area contributed by atoms with E-state index >= 15 is 0 Å². The average Bonchev–Trinajstić information content (AvgIpc) is 2.96. The van der Waals surface area contributed by atoms with Crippen LogP contribution in [0.15, 0.2) is 29.6 Å². The predicted octanol–water partition coefficient (Wildman–Crippen LogP) is 3.18. The lowest BCUT2D eigenvalue weighted by molar-refractivity contribution is 0.102. The monoisotopic (exact) mass is 298 g/mol. The fraction of sp³-hybridized carbons (Fsp3) is 0.235. The number of benzene rings is 1. The summed E-state index contributed by atoms with van der Waals surface area (Å²) in [4.78, 5) is 13.1. The molecule has 0 aliphatic heterocycles.